The van der Waals surface area contributed by atoms with Gasteiger partial charge in [0.2, 0.25) is 0 Å². The van der Waals surface area contributed by atoms with Gasteiger partial charge in [-0.25, -0.2) is 0 Å². The van der Waals surface area contributed by atoms with E-state index in [1.165, 1.54) is 24.1 Å². The number of hydrogen-bond acceptors (Lipinski definition) is 2. The van der Waals surface area contributed by atoms with Crippen LogP contribution >= 0.6 is 15.9 Å². The van der Waals surface area contributed by atoms with Crippen molar-refractivity contribution in [1.29, 1.82) is 0 Å². The van der Waals surface area contributed by atoms with Gasteiger partial charge in [-0.2, -0.15) is 0 Å². The Morgan fingerprint density at radius 2 is 2.24 bits per heavy atom. The van der Waals surface area contributed by atoms with Gasteiger partial charge < -0.3 is 10.6 Å². The monoisotopic (exact) mass is 296 g/mol. The third kappa shape index (κ3) is 2.50. The zero-order valence-corrected chi connectivity index (χ0v) is 12.2. The molecule has 1 unspecified atom stereocenters. The summed E-state index contributed by atoms with van der Waals surface area (Å²) in [7, 11) is 0. The van der Waals surface area contributed by atoms with Gasteiger partial charge in [0.05, 0.1) is 0 Å². The zero-order chi connectivity index (χ0) is 12.4. The van der Waals surface area contributed by atoms with Crippen LogP contribution in [0, 0.1) is 5.92 Å². The second kappa shape index (κ2) is 5.40. The van der Waals surface area contributed by atoms with E-state index in [1.807, 2.05) is 0 Å². The fraction of sp³-hybridized carbons (Fsp3) is 0.571. The Hall–Kier alpha value is -0.540. The van der Waals surface area contributed by atoms with Crippen LogP contribution in [0.4, 0.5) is 5.69 Å². The molecule has 3 heteroatoms. The van der Waals surface area contributed by atoms with Crippen molar-refractivity contribution in [2.75, 3.05) is 11.4 Å². The zero-order valence-electron chi connectivity index (χ0n) is 10.6. The van der Waals surface area contributed by atoms with Crippen molar-refractivity contribution in [3.63, 3.8) is 0 Å². The summed E-state index contributed by atoms with van der Waals surface area (Å²) in [5, 5.41) is 0. The predicted molar refractivity (Wildman–Crippen MR) is 77.2 cm³/mol. The third-order valence-corrected chi connectivity index (χ3v) is 4.42. The van der Waals surface area contributed by atoms with Gasteiger partial charge in [0.15, 0.2) is 0 Å². The number of halogens is 1. The maximum Gasteiger partial charge on any atom is 0.0425 e. The Morgan fingerprint density at radius 1 is 1.47 bits per heavy atom. The highest BCUT2D eigenvalue weighted by Crippen LogP contribution is 2.34. The van der Waals surface area contributed by atoms with E-state index in [4.69, 9.17) is 5.73 Å². The fourth-order valence-corrected chi connectivity index (χ4v) is 3.32. The van der Waals surface area contributed by atoms with Crippen LogP contribution in [-0.4, -0.2) is 12.6 Å². The summed E-state index contributed by atoms with van der Waals surface area (Å²) in [5.74, 6) is 0.696. The Morgan fingerprint density at radius 3 is 2.88 bits per heavy atom. The summed E-state index contributed by atoms with van der Waals surface area (Å²) in [4.78, 5) is 2.54. The minimum Gasteiger partial charge on any atom is -0.368 e. The summed E-state index contributed by atoms with van der Waals surface area (Å²) < 4.78 is 1.13. The number of hydrogen-bond donors (Lipinski definition) is 1. The first-order valence-electron chi connectivity index (χ1n) is 6.39. The Labute approximate surface area is 112 Å². The van der Waals surface area contributed by atoms with Gasteiger partial charge in [-0.15, -0.1) is 0 Å². The van der Waals surface area contributed by atoms with E-state index in [-0.39, 0.29) is 0 Å². The fourth-order valence-electron chi connectivity index (χ4n) is 2.80. The number of nitrogens with two attached hydrogens (primary N) is 1. The van der Waals surface area contributed by atoms with Crippen molar-refractivity contribution in [3.8, 4) is 0 Å². The lowest BCUT2D eigenvalue weighted by molar-refractivity contribution is 0.491. The van der Waals surface area contributed by atoms with Crippen molar-refractivity contribution < 1.29 is 0 Å². The van der Waals surface area contributed by atoms with Crippen LogP contribution in [0.3, 0.4) is 0 Å². The molecule has 0 aromatic heterocycles. The molecule has 0 spiro atoms. The lowest BCUT2D eigenvalue weighted by atomic mass is 10.0. The standard InChI is InChI=1S/C14H21BrN2/c1-10(2)13-7-4-8-17(13)14-6-3-5-12(15)11(14)9-16/h3,5-6,10,13H,4,7-9,16H2,1-2H3. The van der Waals surface area contributed by atoms with Crippen LogP contribution in [0.1, 0.15) is 32.3 Å². The van der Waals surface area contributed by atoms with Crippen molar-refractivity contribution in [2.24, 2.45) is 11.7 Å². The molecule has 1 aliphatic rings. The molecule has 0 bridgehead atoms. The van der Waals surface area contributed by atoms with Gasteiger partial charge in [0.25, 0.3) is 0 Å². The molecule has 1 aliphatic heterocycles. The van der Waals surface area contributed by atoms with E-state index in [1.54, 1.807) is 0 Å². The van der Waals surface area contributed by atoms with E-state index >= 15 is 0 Å². The molecule has 0 amide bonds. The minimum absolute atomic E-state index is 0.595. The molecule has 94 valence electrons. The highest BCUT2D eigenvalue weighted by molar-refractivity contribution is 9.10. The molecule has 1 atom stereocenters. The average molecular weight is 297 g/mol. The first-order valence-corrected chi connectivity index (χ1v) is 7.18. The highest BCUT2D eigenvalue weighted by atomic mass is 79.9. The molecule has 17 heavy (non-hydrogen) atoms. The normalized spacial score (nSPS) is 20.3. The van der Waals surface area contributed by atoms with Crippen LogP contribution in [0.2, 0.25) is 0 Å². The number of rotatable bonds is 3. The van der Waals surface area contributed by atoms with Gasteiger partial charge in [-0.1, -0.05) is 35.8 Å². The van der Waals surface area contributed by atoms with E-state index in [0.29, 0.717) is 18.5 Å². The van der Waals surface area contributed by atoms with Crippen LogP contribution in [0.5, 0.6) is 0 Å². The topological polar surface area (TPSA) is 29.3 Å². The first kappa shape index (κ1) is 12.9. The Kier molecular flexibility index (Phi) is 4.10. The van der Waals surface area contributed by atoms with Gasteiger partial charge in [0.1, 0.15) is 0 Å². The quantitative estimate of drug-likeness (QED) is 0.924. The molecule has 1 fully saturated rings. The lowest BCUT2D eigenvalue weighted by Gasteiger charge is -2.31. The molecule has 2 N–H and O–H groups in total. The van der Waals surface area contributed by atoms with E-state index in [9.17, 15) is 0 Å². The summed E-state index contributed by atoms with van der Waals surface area (Å²) >= 11 is 3.60. The van der Waals surface area contributed by atoms with Crippen LogP contribution in [0.15, 0.2) is 22.7 Å². The molecular weight excluding hydrogens is 276 g/mol. The smallest absolute Gasteiger partial charge is 0.0425 e. The molecule has 0 aliphatic carbocycles. The van der Waals surface area contributed by atoms with Gasteiger partial charge in [0, 0.05) is 34.9 Å². The van der Waals surface area contributed by atoms with Crippen molar-refractivity contribution in [3.05, 3.63) is 28.2 Å². The number of nitrogens with zero attached hydrogens (tertiary/aromatic N) is 1. The largest absolute Gasteiger partial charge is 0.368 e. The minimum atomic E-state index is 0.595. The lowest BCUT2D eigenvalue weighted by Crippen LogP contribution is -2.34. The molecule has 2 rings (SSSR count). The third-order valence-electron chi connectivity index (χ3n) is 3.68. The highest BCUT2D eigenvalue weighted by Gasteiger charge is 2.28. The molecule has 1 saturated heterocycles. The number of anilines is 1. The SMILES string of the molecule is CC(C)C1CCCN1c1cccc(Br)c1CN. The van der Waals surface area contributed by atoms with Crippen molar-refractivity contribution in [2.45, 2.75) is 39.3 Å². The van der Waals surface area contributed by atoms with Crippen LogP contribution in [0.25, 0.3) is 0 Å². The molecule has 1 aromatic rings. The van der Waals surface area contributed by atoms with Crippen molar-refractivity contribution >= 4 is 21.6 Å². The molecule has 0 radical (unpaired) electrons. The maximum absolute atomic E-state index is 5.88. The van der Waals surface area contributed by atoms with Gasteiger partial charge in [-0.05, 0) is 30.9 Å². The summed E-state index contributed by atoms with van der Waals surface area (Å²) in [5.41, 5.74) is 8.44. The predicted octanol–water partition coefficient (Wildman–Crippen LogP) is 3.53. The first-order chi connectivity index (χ1) is 8.15. The molecular formula is C14H21BrN2. The summed E-state index contributed by atoms with van der Waals surface area (Å²) in [6.07, 6.45) is 2.59. The van der Waals surface area contributed by atoms with E-state index in [2.05, 4.69) is 52.9 Å². The van der Waals surface area contributed by atoms with Crippen LogP contribution < -0.4 is 10.6 Å². The molecule has 1 aromatic carbocycles. The summed E-state index contributed by atoms with van der Waals surface area (Å²) in [6, 6.07) is 7.04. The second-order valence-corrected chi connectivity index (χ2v) is 5.94. The van der Waals surface area contributed by atoms with Crippen LogP contribution in [-0.2, 0) is 6.54 Å². The summed E-state index contributed by atoms with van der Waals surface area (Å²) in [6.45, 7) is 6.37. The average Bonchev–Trinajstić information content (AvgIpc) is 2.77. The Balaban J connectivity index is 2.36. The molecule has 2 nitrogen and oxygen atoms in total. The second-order valence-electron chi connectivity index (χ2n) is 5.09. The van der Waals surface area contributed by atoms with Gasteiger partial charge >= 0.3 is 0 Å². The molecule has 1 heterocycles. The number of benzene rings is 1. The molecule has 0 saturated carbocycles. The van der Waals surface area contributed by atoms with Gasteiger partial charge in [-0.3, -0.25) is 0 Å². The Bertz CT molecular complexity index is 390. The van der Waals surface area contributed by atoms with Crippen molar-refractivity contribution in [1.82, 2.24) is 0 Å². The maximum atomic E-state index is 5.88. The van der Waals surface area contributed by atoms with E-state index < -0.39 is 0 Å². The van der Waals surface area contributed by atoms with E-state index in [0.717, 1.165) is 11.0 Å².